The van der Waals surface area contributed by atoms with Crippen LogP contribution < -0.4 is 24.8 Å². The molecule has 0 aliphatic rings. The molecule has 172 valence electrons. The van der Waals surface area contributed by atoms with Gasteiger partial charge in [-0.3, -0.25) is 10.1 Å². The minimum Gasteiger partial charge on any atom is -0.494 e. The van der Waals surface area contributed by atoms with Crippen LogP contribution in [0.4, 0.5) is 5.69 Å². The summed E-state index contributed by atoms with van der Waals surface area (Å²) in [7, 11) is 0. The van der Waals surface area contributed by atoms with Crippen LogP contribution in [0.2, 0.25) is 0 Å². The Labute approximate surface area is 199 Å². The fraction of sp³-hybridized carbons (Fsp3) is 0.231. The van der Waals surface area contributed by atoms with Crippen molar-refractivity contribution in [2.45, 2.75) is 19.8 Å². The summed E-state index contributed by atoms with van der Waals surface area (Å²) in [6, 6.07) is 23.9. The van der Waals surface area contributed by atoms with Crippen molar-refractivity contribution < 1.29 is 19.0 Å². The lowest BCUT2D eigenvalue weighted by Crippen LogP contribution is -2.34. The Morgan fingerprint density at radius 1 is 0.788 bits per heavy atom. The summed E-state index contributed by atoms with van der Waals surface area (Å²) in [4.78, 5) is 12.8. The maximum atomic E-state index is 12.8. The van der Waals surface area contributed by atoms with Crippen molar-refractivity contribution in [2.24, 2.45) is 0 Å². The topological polar surface area (TPSA) is 68.8 Å². The average Bonchev–Trinajstić information content (AvgIpc) is 2.84. The van der Waals surface area contributed by atoms with E-state index in [1.807, 2.05) is 60.7 Å². The molecule has 0 bridgehead atoms. The molecule has 6 nitrogen and oxygen atoms in total. The van der Waals surface area contributed by atoms with Crippen molar-refractivity contribution in [3.05, 3.63) is 84.4 Å². The molecule has 2 N–H and O–H groups in total. The van der Waals surface area contributed by atoms with Crippen molar-refractivity contribution in [1.29, 1.82) is 0 Å². The van der Waals surface area contributed by atoms with Crippen LogP contribution in [-0.2, 0) is 0 Å². The van der Waals surface area contributed by atoms with Gasteiger partial charge in [0.15, 0.2) is 5.11 Å². The lowest BCUT2D eigenvalue weighted by atomic mass is 10.2. The number of thiocarbonyl (C=S) groups is 1. The van der Waals surface area contributed by atoms with E-state index >= 15 is 0 Å². The quantitative estimate of drug-likeness (QED) is 0.291. The molecule has 0 saturated heterocycles. The van der Waals surface area contributed by atoms with Crippen LogP contribution >= 0.6 is 12.2 Å². The highest BCUT2D eigenvalue weighted by atomic mass is 32.1. The molecule has 0 fully saturated rings. The van der Waals surface area contributed by atoms with Gasteiger partial charge in [0, 0.05) is 5.69 Å². The Balaban J connectivity index is 1.48. The first-order valence-electron chi connectivity index (χ1n) is 10.9. The molecular formula is C26H28N2O4S. The lowest BCUT2D eigenvalue weighted by molar-refractivity contribution is 0.0972. The Kier molecular flexibility index (Phi) is 9.54. The third-order valence-electron chi connectivity index (χ3n) is 4.59. The molecular weight excluding hydrogens is 436 g/mol. The van der Waals surface area contributed by atoms with Crippen LogP contribution in [0.1, 0.15) is 30.1 Å². The number of carbonyl (C=O) groups excluding carboxylic acids is 1. The number of hydrogen-bond acceptors (Lipinski definition) is 5. The Hall–Kier alpha value is -3.58. The molecule has 3 rings (SSSR count). The van der Waals surface area contributed by atoms with Gasteiger partial charge in [0.2, 0.25) is 0 Å². The van der Waals surface area contributed by atoms with Gasteiger partial charge >= 0.3 is 0 Å². The standard InChI is InChI=1S/C26H28N2O4S/c1-2-3-17-30-22-15-13-20(14-16-22)27-26(33)28-25(29)23-11-7-8-12-24(23)32-19-18-31-21-9-5-4-6-10-21/h4-16H,2-3,17-19H2,1H3,(H2,27,28,29,33). The summed E-state index contributed by atoms with van der Waals surface area (Å²) in [6.07, 6.45) is 2.10. The molecule has 0 aromatic heterocycles. The minimum atomic E-state index is -0.355. The lowest BCUT2D eigenvalue weighted by Gasteiger charge is -2.14. The van der Waals surface area contributed by atoms with Gasteiger partial charge < -0.3 is 19.5 Å². The molecule has 0 heterocycles. The fourth-order valence-electron chi connectivity index (χ4n) is 2.91. The number of nitrogens with one attached hydrogen (secondary N) is 2. The number of rotatable bonds is 11. The van der Waals surface area contributed by atoms with E-state index in [2.05, 4.69) is 17.6 Å². The van der Waals surface area contributed by atoms with Crippen molar-refractivity contribution in [1.82, 2.24) is 5.32 Å². The second kappa shape index (κ2) is 13.1. The molecule has 0 aliphatic heterocycles. The van der Waals surface area contributed by atoms with Crippen LogP contribution in [0.3, 0.4) is 0 Å². The smallest absolute Gasteiger partial charge is 0.261 e. The highest BCUT2D eigenvalue weighted by Crippen LogP contribution is 2.19. The van der Waals surface area contributed by atoms with Crippen LogP contribution in [0, 0.1) is 0 Å². The summed E-state index contributed by atoms with van der Waals surface area (Å²) >= 11 is 5.30. The van der Waals surface area contributed by atoms with Crippen LogP contribution in [0.25, 0.3) is 0 Å². The van der Waals surface area contributed by atoms with E-state index in [9.17, 15) is 4.79 Å². The predicted octanol–water partition coefficient (Wildman–Crippen LogP) is 5.45. The van der Waals surface area contributed by atoms with E-state index in [1.54, 1.807) is 18.2 Å². The average molecular weight is 465 g/mol. The van der Waals surface area contributed by atoms with Crippen LogP contribution in [0.15, 0.2) is 78.9 Å². The van der Waals surface area contributed by atoms with Crippen LogP contribution in [-0.4, -0.2) is 30.8 Å². The van der Waals surface area contributed by atoms with Gasteiger partial charge in [-0.25, -0.2) is 0 Å². The number of hydrogen-bond donors (Lipinski definition) is 2. The summed E-state index contributed by atoms with van der Waals surface area (Å²) in [5.74, 6) is 1.67. The van der Waals surface area contributed by atoms with Crippen molar-refractivity contribution in [3.63, 3.8) is 0 Å². The fourth-order valence-corrected chi connectivity index (χ4v) is 3.12. The monoisotopic (exact) mass is 464 g/mol. The van der Waals surface area contributed by atoms with Crippen molar-refractivity contribution in [2.75, 3.05) is 25.1 Å². The molecule has 1 amide bonds. The van der Waals surface area contributed by atoms with E-state index in [0.717, 1.165) is 30.0 Å². The number of ether oxygens (including phenoxy) is 3. The summed E-state index contributed by atoms with van der Waals surface area (Å²) in [6.45, 7) is 3.47. The van der Waals surface area contributed by atoms with Crippen molar-refractivity contribution >= 4 is 28.9 Å². The van der Waals surface area contributed by atoms with Gasteiger partial charge in [0.05, 0.1) is 12.2 Å². The summed E-state index contributed by atoms with van der Waals surface area (Å²) in [5.41, 5.74) is 1.15. The Morgan fingerprint density at radius 3 is 2.18 bits per heavy atom. The largest absolute Gasteiger partial charge is 0.494 e. The second-order valence-corrected chi connectivity index (χ2v) is 7.55. The molecule has 7 heteroatoms. The van der Waals surface area contributed by atoms with Gasteiger partial charge in [-0.05, 0) is 67.2 Å². The number of para-hydroxylation sites is 2. The maximum Gasteiger partial charge on any atom is 0.261 e. The number of unbranched alkanes of at least 4 members (excludes halogenated alkanes) is 1. The van der Waals surface area contributed by atoms with Gasteiger partial charge in [-0.2, -0.15) is 0 Å². The van der Waals surface area contributed by atoms with E-state index in [4.69, 9.17) is 26.4 Å². The molecule has 3 aromatic carbocycles. The van der Waals surface area contributed by atoms with Gasteiger partial charge in [0.1, 0.15) is 30.5 Å². The summed E-state index contributed by atoms with van der Waals surface area (Å²) in [5, 5.41) is 5.90. The zero-order valence-electron chi connectivity index (χ0n) is 18.6. The molecule has 0 atom stereocenters. The summed E-state index contributed by atoms with van der Waals surface area (Å²) < 4.78 is 17.1. The molecule has 0 saturated carbocycles. The van der Waals surface area contributed by atoms with E-state index in [1.165, 1.54) is 0 Å². The third-order valence-corrected chi connectivity index (χ3v) is 4.79. The first kappa shape index (κ1) is 24.1. The van der Waals surface area contributed by atoms with Crippen molar-refractivity contribution in [3.8, 4) is 17.2 Å². The van der Waals surface area contributed by atoms with Gasteiger partial charge in [0.25, 0.3) is 5.91 Å². The molecule has 0 aliphatic carbocycles. The second-order valence-electron chi connectivity index (χ2n) is 7.14. The van der Waals surface area contributed by atoms with E-state index in [0.29, 0.717) is 31.1 Å². The zero-order valence-corrected chi connectivity index (χ0v) is 19.4. The Bertz CT molecular complexity index is 1030. The van der Waals surface area contributed by atoms with E-state index in [-0.39, 0.29) is 11.0 Å². The first-order valence-corrected chi connectivity index (χ1v) is 11.3. The molecule has 0 radical (unpaired) electrons. The number of carbonyl (C=O) groups is 1. The number of amides is 1. The highest BCUT2D eigenvalue weighted by Gasteiger charge is 2.14. The van der Waals surface area contributed by atoms with Gasteiger partial charge in [-0.15, -0.1) is 0 Å². The zero-order chi connectivity index (χ0) is 23.3. The molecule has 0 spiro atoms. The minimum absolute atomic E-state index is 0.196. The molecule has 0 unspecified atom stereocenters. The van der Waals surface area contributed by atoms with Crippen LogP contribution in [0.5, 0.6) is 17.2 Å². The predicted molar refractivity (Wildman–Crippen MR) is 134 cm³/mol. The first-order chi connectivity index (χ1) is 16.2. The third kappa shape index (κ3) is 8.12. The van der Waals surface area contributed by atoms with Gasteiger partial charge in [-0.1, -0.05) is 43.7 Å². The molecule has 3 aromatic rings. The maximum absolute atomic E-state index is 12.8. The normalized spacial score (nSPS) is 10.2. The number of anilines is 1. The van der Waals surface area contributed by atoms with E-state index < -0.39 is 0 Å². The SMILES string of the molecule is CCCCOc1ccc(NC(=S)NC(=O)c2ccccc2OCCOc2ccccc2)cc1. The molecule has 33 heavy (non-hydrogen) atoms. The highest BCUT2D eigenvalue weighted by molar-refractivity contribution is 7.80. The number of benzene rings is 3. The Morgan fingerprint density at radius 2 is 1.42 bits per heavy atom.